The van der Waals surface area contributed by atoms with Crippen LogP contribution in [0.25, 0.3) is 4.85 Å². The Hall–Kier alpha value is -1.33. The van der Waals surface area contributed by atoms with Gasteiger partial charge in [-0.25, -0.2) is 4.85 Å². The van der Waals surface area contributed by atoms with Crippen LogP contribution in [-0.4, -0.2) is 6.61 Å². The molecule has 0 bridgehead atoms. The molecule has 0 unspecified atom stereocenters. The summed E-state index contributed by atoms with van der Waals surface area (Å²) in [5.74, 6) is 1.07. The van der Waals surface area contributed by atoms with Crippen LogP contribution in [0.5, 0.6) is 0 Å². The molecule has 0 N–H and O–H groups in total. The first-order valence-corrected chi connectivity index (χ1v) is 5.30. The maximum atomic E-state index is 6.98. The van der Waals surface area contributed by atoms with E-state index in [0.29, 0.717) is 24.1 Å². The van der Waals surface area contributed by atoms with E-state index in [1.165, 1.54) is 11.1 Å². The lowest BCUT2D eigenvalue weighted by Gasteiger charge is -2.28. The highest BCUT2D eigenvalue weighted by molar-refractivity contribution is 5.50. The third kappa shape index (κ3) is 1.88. The Bertz CT molecular complexity index is 403. The third-order valence-corrected chi connectivity index (χ3v) is 3.01. The lowest BCUT2D eigenvalue weighted by Crippen LogP contribution is -2.20. The van der Waals surface area contributed by atoms with Crippen molar-refractivity contribution in [3.05, 3.63) is 40.7 Å². The average molecular weight is 201 g/mol. The minimum absolute atomic E-state index is 0.480. The summed E-state index contributed by atoms with van der Waals surface area (Å²) in [6.07, 6.45) is 0. The summed E-state index contributed by atoms with van der Waals surface area (Å²) in [7, 11) is 0. The molecule has 2 heteroatoms. The molecular formula is C13H15NO. The Morgan fingerprint density at radius 3 is 2.93 bits per heavy atom. The monoisotopic (exact) mass is 201 g/mol. The number of nitrogens with zero attached hydrogens (tertiary/aromatic N) is 1. The molecule has 0 saturated heterocycles. The molecule has 2 rings (SSSR count). The molecule has 15 heavy (non-hydrogen) atoms. The minimum Gasteiger partial charge on any atom is -0.376 e. The number of hydrogen-bond acceptors (Lipinski definition) is 1. The fourth-order valence-electron chi connectivity index (χ4n) is 2.09. The van der Waals surface area contributed by atoms with Gasteiger partial charge in [0.15, 0.2) is 5.69 Å². The van der Waals surface area contributed by atoms with E-state index in [4.69, 9.17) is 11.3 Å². The lowest BCUT2D eigenvalue weighted by molar-refractivity contribution is 0.0793. The second-order valence-electron chi connectivity index (χ2n) is 4.36. The van der Waals surface area contributed by atoms with Crippen LogP contribution in [0.3, 0.4) is 0 Å². The van der Waals surface area contributed by atoms with Crippen molar-refractivity contribution in [2.24, 2.45) is 5.92 Å². The molecule has 1 aliphatic heterocycles. The van der Waals surface area contributed by atoms with Crippen LogP contribution in [0.2, 0.25) is 0 Å². The van der Waals surface area contributed by atoms with E-state index in [9.17, 15) is 0 Å². The van der Waals surface area contributed by atoms with Gasteiger partial charge in [-0.3, -0.25) is 0 Å². The zero-order valence-corrected chi connectivity index (χ0v) is 9.16. The van der Waals surface area contributed by atoms with Gasteiger partial charge in [-0.15, -0.1) is 0 Å². The molecule has 0 radical (unpaired) electrons. The van der Waals surface area contributed by atoms with Crippen molar-refractivity contribution in [2.75, 3.05) is 6.61 Å². The molecule has 1 heterocycles. The molecule has 1 aromatic carbocycles. The first-order chi connectivity index (χ1) is 7.22. The standard InChI is InChI=1S/C13H15NO/c1-9(2)13-8-15-7-10-6-11(14-3)4-5-12(10)13/h4-6,9,13H,7-8H2,1-2H3/t13-/m0/s1. The number of fused-ring (bicyclic) bond motifs is 1. The van der Waals surface area contributed by atoms with Gasteiger partial charge < -0.3 is 4.74 Å². The van der Waals surface area contributed by atoms with Crippen LogP contribution in [0, 0.1) is 12.5 Å². The predicted molar refractivity (Wildman–Crippen MR) is 59.9 cm³/mol. The minimum atomic E-state index is 0.480. The van der Waals surface area contributed by atoms with Gasteiger partial charge in [-0.1, -0.05) is 32.0 Å². The van der Waals surface area contributed by atoms with E-state index in [2.05, 4.69) is 24.8 Å². The summed E-state index contributed by atoms with van der Waals surface area (Å²) in [6.45, 7) is 12.9. The topological polar surface area (TPSA) is 13.6 Å². The lowest BCUT2D eigenvalue weighted by atomic mass is 9.85. The molecule has 0 fully saturated rings. The SMILES string of the molecule is [C-]#[N+]c1ccc2c(c1)COC[C@H]2C(C)C. The fraction of sp³-hybridized carbons (Fsp3) is 0.462. The van der Waals surface area contributed by atoms with Crippen LogP contribution < -0.4 is 0 Å². The first kappa shape index (κ1) is 10.2. The molecule has 0 saturated carbocycles. The quantitative estimate of drug-likeness (QED) is 0.634. The van der Waals surface area contributed by atoms with E-state index >= 15 is 0 Å². The highest BCUT2D eigenvalue weighted by atomic mass is 16.5. The van der Waals surface area contributed by atoms with Crippen molar-refractivity contribution < 1.29 is 4.74 Å². The Kier molecular flexibility index (Phi) is 2.75. The Labute approximate surface area is 90.7 Å². The van der Waals surface area contributed by atoms with Gasteiger partial charge in [0.25, 0.3) is 0 Å². The zero-order chi connectivity index (χ0) is 10.8. The van der Waals surface area contributed by atoms with Crippen molar-refractivity contribution in [1.82, 2.24) is 0 Å². The maximum absolute atomic E-state index is 6.98. The van der Waals surface area contributed by atoms with Crippen LogP contribution >= 0.6 is 0 Å². The van der Waals surface area contributed by atoms with E-state index < -0.39 is 0 Å². The Balaban J connectivity index is 2.41. The summed E-state index contributed by atoms with van der Waals surface area (Å²) in [4.78, 5) is 3.44. The predicted octanol–water partition coefficient (Wildman–Crippen LogP) is 3.51. The van der Waals surface area contributed by atoms with Gasteiger partial charge in [-0.05, 0) is 17.0 Å². The zero-order valence-electron chi connectivity index (χ0n) is 9.16. The molecule has 2 nitrogen and oxygen atoms in total. The molecule has 1 atom stereocenters. The van der Waals surface area contributed by atoms with Crippen molar-refractivity contribution in [2.45, 2.75) is 26.4 Å². The summed E-state index contributed by atoms with van der Waals surface area (Å²) in [5, 5.41) is 0. The number of rotatable bonds is 1. The van der Waals surface area contributed by atoms with E-state index in [1.54, 1.807) is 0 Å². The molecule has 1 aliphatic rings. The van der Waals surface area contributed by atoms with Crippen LogP contribution in [0.1, 0.15) is 30.9 Å². The van der Waals surface area contributed by atoms with Gasteiger partial charge in [0, 0.05) is 5.92 Å². The molecule has 0 aliphatic carbocycles. The number of benzene rings is 1. The van der Waals surface area contributed by atoms with Gasteiger partial charge in [0.05, 0.1) is 19.8 Å². The smallest absolute Gasteiger partial charge is 0.187 e. The molecule has 0 aromatic heterocycles. The Morgan fingerprint density at radius 1 is 1.47 bits per heavy atom. The van der Waals surface area contributed by atoms with E-state index in [1.807, 2.05) is 12.1 Å². The van der Waals surface area contributed by atoms with Crippen LogP contribution in [0.4, 0.5) is 5.69 Å². The van der Waals surface area contributed by atoms with Crippen LogP contribution in [-0.2, 0) is 11.3 Å². The molecule has 1 aromatic rings. The molecule has 0 amide bonds. The fourth-order valence-corrected chi connectivity index (χ4v) is 2.09. The molecule has 78 valence electrons. The normalized spacial score (nSPS) is 19.7. The van der Waals surface area contributed by atoms with Gasteiger partial charge in [0.2, 0.25) is 0 Å². The average Bonchev–Trinajstić information content (AvgIpc) is 2.27. The van der Waals surface area contributed by atoms with Crippen molar-refractivity contribution in [1.29, 1.82) is 0 Å². The maximum Gasteiger partial charge on any atom is 0.187 e. The van der Waals surface area contributed by atoms with Crippen molar-refractivity contribution in [3.8, 4) is 0 Å². The second-order valence-corrected chi connectivity index (χ2v) is 4.36. The third-order valence-electron chi connectivity index (χ3n) is 3.01. The highest BCUT2D eigenvalue weighted by Crippen LogP contribution is 2.34. The highest BCUT2D eigenvalue weighted by Gasteiger charge is 2.23. The molecular weight excluding hydrogens is 186 g/mol. The van der Waals surface area contributed by atoms with Crippen molar-refractivity contribution >= 4 is 5.69 Å². The van der Waals surface area contributed by atoms with Crippen molar-refractivity contribution in [3.63, 3.8) is 0 Å². The van der Waals surface area contributed by atoms with Gasteiger partial charge in [-0.2, -0.15) is 0 Å². The Morgan fingerprint density at radius 2 is 2.27 bits per heavy atom. The van der Waals surface area contributed by atoms with E-state index in [-0.39, 0.29) is 0 Å². The summed E-state index contributed by atoms with van der Waals surface area (Å²) in [6, 6.07) is 5.96. The largest absolute Gasteiger partial charge is 0.376 e. The summed E-state index contributed by atoms with van der Waals surface area (Å²) >= 11 is 0. The summed E-state index contributed by atoms with van der Waals surface area (Å²) < 4.78 is 5.57. The van der Waals surface area contributed by atoms with Crippen LogP contribution in [0.15, 0.2) is 18.2 Å². The molecule has 0 spiro atoms. The van der Waals surface area contributed by atoms with E-state index in [0.717, 1.165) is 6.61 Å². The second kappa shape index (κ2) is 4.04. The number of ether oxygens (including phenoxy) is 1. The number of hydrogen-bond donors (Lipinski definition) is 0. The van der Waals surface area contributed by atoms with Gasteiger partial charge >= 0.3 is 0 Å². The first-order valence-electron chi connectivity index (χ1n) is 5.30. The van der Waals surface area contributed by atoms with Gasteiger partial charge in [0.1, 0.15) is 0 Å². The summed E-state index contributed by atoms with van der Waals surface area (Å²) in [5.41, 5.74) is 3.26.